The molecule has 25 heavy (non-hydrogen) atoms. The third-order valence-corrected chi connectivity index (χ3v) is 4.82. The van der Waals surface area contributed by atoms with E-state index in [0.717, 1.165) is 12.1 Å². The van der Waals surface area contributed by atoms with Crippen molar-refractivity contribution < 1.29 is 22.3 Å². The molecular weight excluding hydrogens is 349 g/mol. The molecular formula is C16H12FN3O4S. The number of carbonyl (C=O) groups is 1. The Morgan fingerprint density at radius 2 is 1.80 bits per heavy atom. The van der Waals surface area contributed by atoms with Crippen molar-refractivity contribution in [1.29, 1.82) is 0 Å². The number of aromatic nitrogens is 2. The summed E-state index contributed by atoms with van der Waals surface area (Å²) >= 11 is 0. The van der Waals surface area contributed by atoms with Crippen LogP contribution in [0.1, 0.15) is 10.4 Å². The van der Waals surface area contributed by atoms with Crippen molar-refractivity contribution in [3.63, 3.8) is 0 Å². The Kier molecular flexibility index (Phi) is 4.24. The molecule has 3 rings (SSSR count). The zero-order valence-electron chi connectivity index (χ0n) is 12.7. The predicted molar refractivity (Wildman–Crippen MR) is 87.0 cm³/mol. The van der Waals surface area contributed by atoms with E-state index >= 15 is 0 Å². The zero-order chi connectivity index (χ0) is 18.0. The van der Waals surface area contributed by atoms with E-state index in [1.54, 1.807) is 18.2 Å². The van der Waals surface area contributed by atoms with E-state index in [0.29, 0.717) is 4.09 Å². The largest absolute Gasteiger partial charge is 0.402 e. The zero-order valence-corrected chi connectivity index (χ0v) is 13.5. The van der Waals surface area contributed by atoms with Gasteiger partial charge in [0, 0.05) is 6.07 Å². The Labute approximate surface area is 142 Å². The smallest absolute Gasteiger partial charge is 0.345 e. The highest BCUT2D eigenvalue weighted by Gasteiger charge is 2.23. The van der Waals surface area contributed by atoms with Gasteiger partial charge in [0.15, 0.2) is 0 Å². The molecule has 0 spiro atoms. The van der Waals surface area contributed by atoms with Gasteiger partial charge in [-0.1, -0.05) is 24.3 Å². The van der Waals surface area contributed by atoms with Gasteiger partial charge in [0.2, 0.25) is 5.88 Å². The van der Waals surface area contributed by atoms with Gasteiger partial charge in [-0.25, -0.2) is 9.18 Å². The number of anilines is 1. The number of carbonyl (C=O) groups excluding carboxylic acids is 1. The molecule has 3 aromatic rings. The lowest BCUT2D eigenvalue weighted by Gasteiger charge is -2.05. The van der Waals surface area contributed by atoms with E-state index in [1.807, 2.05) is 0 Å². The molecule has 9 heteroatoms. The van der Waals surface area contributed by atoms with Crippen molar-refractivity contribution >= 4 is 21.8 Å². The SMILES string of the molecule is Nc1cc(OC(=O)c2cccc(F)c2)nn1S(=O)(=O)c1ccccc1. The molecule has 2 N–H and O–H groups in total. The number of rotatable bonds is 4. The fourth-order valence-corrected chi connectivity index (χ4v) is 3.28. The summed E-state index contributed by atoms with van der Waals surface area (Å²) in [6.45, 7) is 0. The number of halogens is 1. The van der Waals surface area contributed by atoms with E-state index in [-0.39, 0.29) is 22.2 Å². The quantitative estimate of drug-likeness (QED) is 0.713. The van der Waals surface area contributed by atoms with Gasteiger partial charge in [0.25, 0.3) is 10.0 Å². The van der Waals surface area contributed by atoms with Crippen molar-refractivity contribution in [3.05, 3.63) is 72.0 Å². The van der Waals surface area contributed by atoms with E-state index in [1.165, 1.54) is 30.3 Å². The van der Waals surface area contributed by atoms with E-state index in [9.17, 15) is 17.6 Å². The van der Waals surface area contributed by atoms with Crippen molar-refractivity contribution in [2.24, 2.45) is 0 Å². The number of benzene rings is 2. The number of hydrogen-bond acceptors (Lipinski definition) is 6. The van der Waals surface area contributed by atoms with Gasteiger partial charge in [0.05, 0.1) is 10.5 Å². The fraction of sp³-hybridized carbons (Fsp3) is 0. The maximum Gasteiger partial charge on any atom is 0.345 e. The van der Waals surface area contributed by atoms with Gasteiger partial charge in [-0.15, -0.1) is 9.19 Å². The Morgan fingerprint density at radius 3 is 2.48 bits per heavy atom. The summed E-state index contributed by atoms with van der Waals surface area (Å²) in [5, 5.41) is 3.71. The van der Waals surface area contributed by atoms with E-state index in [2.05, 4.69) is 5.10 Å². The summed E-state index contributed by atoms with van der Waals surface area (Å²) in [6, 6.07) is 13.5. The molecule has 0 aliphatic heterocycles. The van der Waals surface area contributed by atoms with Crippen LogP contribution in [-0.2, 0) is 10.0 Å². The first-order chi connectivity index (χ1) is 11.9. The van der Waals surface area contributed by atoms with Crippen LogP contribution in [0, 0.1) is 5.82 Å². The lowest BCUT2D eigenvalue weighted by Crippen LogP contribution is -2.17. The third kappa shape index (κ3) is 3.36. The number of hydrogen-bond donors (Lipinski definition) is 1. The number of ether oxygens (including phenoxy) is 1. The first-order valence-corrected chi connectivity index (χ1v) is 8.46. The molecule has 0 saturated carbocycles. The molecule has 2 aromatic carbocycles. The molecule has 0 saturated heterocycles. The summed E-state index contributed by atoms with van der Waals surface area (Å²) < 4.78 is 43.7. The Bertz CT molecular complexity index is 1030. The molecule has 0 atom stereocenters. The van der Waals surface area contributed by atoms with Gasteiger partial charge in [0.1, 0.15) is 11.6 Å². The molecule has 0 bridgehead atoms. The minimum Gasteiger partial charge on any atom is -0.402 e. The second-order valence-electron chi connectivity index (χ2n) is 4.97. The maximum atomic E-state index is 13.2. The second-order valence-corrected chi connectivity index (χ2v) is 6.74. The van der Waals surface area contributed by atoms with Gasteiger partial charge in [-0.05, 0) is 30.3 Å². The van der Waals surface area contributed by atoms with Crippen LogP contribution < -0.4 is 10.5 Å². The molecule has 0 unspecified atom stereocenters. The minimum atomic E-state index is -4.03. The topological polar surface area (TPSA) is 104 Å². The van der Waals surface area contributed by atoms with Crippen LogP contribution in [0.4, 0.5) is 10.2 Å². The van der Waals surface area contributed by atoms with Crippen LogP contribution in [0.3, 0.4) is 0 Å². The number of nitrogen functional groups attached to an aromatic ring is 1. The summed E-state index contributed by atoms with van der Waals surface area (Å²) in [7, 11) is -4.03. The lowest BCUT2D eigenvalue weighted by atomic mass is 10.2. The molecule has 0 aliphatic carbocycles. The minimum absolute atomic E-state index is 0.0205. The molecule has 7 nitrogen and oxygen atoms in total. The predicted octanol–water partition coefficient (Wildman–Crippen LogP) is 2.06. The normalized spacial score (nSPS) is 11.2. The van der Waals surface area contributed by atoms with E-state index < -0.39 is 21.8 Å². The van der Waals surface area contributed by atoms with Crippen LogP contribution in [0.2, 0.25) is 0 Å². The van der Waals surface area contributed by atoms with Crippen molar-refractivity contribution in [2.45, 2.75) is 4.90 Å². The van der Waals surface area contributed by atoms with Crippen LogP contribution in [-0.4, -0.2) is 23.6 Å². The summed E-state index contributed by atoms with van der Waals surface area (Å²) in [6.07, 6.45) is 0. The molecule has 1 aromatic heterocycles. The lowest BCUT2D eigenvalue weighted by molar-refractivity contribution is 0.0726. The Balaban J connectivity index is 1.89. The highest BCUT2D eigenvalue weighted by Crippen LogP contribution is 2.21. The highest BCUT2D eigenvalue weighted by molar-refractivity contribution is 7.90. The average Bonchev–Trinajstić information content (AvgIpc) is 2.96. The fourth-order valence-electron chi connectivity index (χ4n) is 2.06. The molecule has 0 aliphatic rings. The van der Waals surface area contributed by atoms with Crippen LogP contribution in [0.15, 0.2) is 65.6 Å². The average molecular weight is 361 g/mol. The van der Waals surface area contributed by atoms with Crippen LogP contribution >= 0.6 is 0 Å². The first kappa shape index (κ1) is 16.7. The molecule has 0 fully saturated rings. The van der Waals surface area contributed by atoms with Crippen molar-refractivity contribution in [1.82, 2.24) is 9.19 Å². The monoisotopic (exact) mass is 361 g/mol. The molecule has 1 heterocycles. The Hall–Kier alpha value is -3.20. The van der Waals surface area contributed by atoms with Gasteiger partial charge in [-0.3, -0.25) is 0 Å². The molecule has 0 radical (unpaired) electrons. The second kappa shape index (κ2) is 6.36. The maximum absolute atomic E-state index is 13.2. The number of esters is 1. The van der Waals surface area contributed by atoms with Gasteiger partial charge < -0.3 is 10.5 Å². The molecule has 128 valence electrons. The standard InChI is InChI=1S/C16H12FN3O4S/c17-12-6-4-5-11(9-12)16(21)24-15-10-14(18)20(19-15)25(22,23)13-7-2-1-3-8-13/h1-10H,18H2. The third-order valence-electron chi connectivity index (χ3n) is 3.21. The summed E-state index contributed by atoms with van der Waals surface area (Å²) in [4.78, 5) is 12.0. The van der Waals surface area contributed by atoms with Crippen molar-refractivity contribution in [2.75, 3.05) is 5.73 Å². The molecule has 0 amide bonds. The van der Waals surface area contributed by atoms with Crippen molar-refractivity contribution in [3.8, 4) is 5.88 Å². The first-order valence-electron chi connectivity index (χ1n) is 7.02. The number of nitrogens with two attached hydrogens (primary N) is 1. The summed E-state index contributed by atoms with van der Waals surface area (Å²) in [5.41, 5.74) is 5.63. The Morgan fingerprint density at radius 1 is 1.08 bits per heavy atom. The summed E-state index contributed by atoms with van der Waals surface area (Å²) in [5.74, 6) is -2.04. The van der Waals surface area contributed by atoms with Gasteiger partial charge in [-0.2, -0.15) is 8.42 Å². The van der Waals surface area contributed by atoms with E-state index in [4.69, 9.17) is 10.5 Å². The van der Waals surface area contributed by atoms with Crippen LogP contribution in [0.5, 0.6) is 5.88 Å². The highest BCUT2D eigenvalue weighted by atomic mass is 32.2. The van der Waals surface area contributed by atoms with Crippen LogP contribution in [0.25, 0.3) is 0 Å². The number of nitrogens with zero attached hydrogens (tertiary/aromatic N) is 2. The van der Waals surface area contributed by atoms with Gasteiger partial charge >= 0.3 is 5.97 Å².